The van der Waals surface area contributed by atoms with Crippen molar-refractivity contribution in [1.29, 1.82) is 0 Å². The van der Waals surface area contributed by atoms with E-state index >= 15 is 0 Å². The highest BCUT2D eigenvalue weighted by Crippen LogP contribution is 2.19. The van der Waals surface area contributed by atoms with Crippen molar-refractivity contribution in [3.05, 3.63) is 54.2 Å². The summed E-state index contributed by atoms with van der Waals surface area (Å²) < 4.78 is 0. The SMILES string of the molecule is O=C(O)C(Cc1c[nH]c2ccccc12)NC(=O)C(Cc1cnc[nH]1)NC(=O)C(CS)NC(=O)C1CCCN1. The normalized spacial score (nSPS) is 17.4. The second-order valence-corrected chi connectivity index (χ2v) is 9.56. The number of amides is 3. The third-order valence-electron chi connectivity index (χ3n) is 6.52. The molecule has 0 radical (unpaired) electrons. The lowest BCUT2D eigenvalue weighted by molar-refractivity contribution is -0.142. The van der Waals surface area contributed by atoms with E-state index in [0.29, 0.717) is 12.1 Å². The Kier molecular flexibility index (Phi) is 9.02. The van der Waals surface area contributed by atoms with Gasteiger partial charge >= 0.3 is 5.97 Å². The number of carbonyl (C=O) groups excluding carboxylic acids is 3. The molecule has 4 rings (SSSR count). The number of thiol groups is 1. The number of aromatic amines is 2. The molecule has 0 aliphatic carbocycles. The molecule has 0 saturated carbocycles. The molecule has 7 N–H and O–H groups in total. The number of hydrogen-bond acceptors (Lipinski definition) is 7. The summed E-state index contributed by atoms with van der Waals surface area (Å²) in [6.07, 6.45) is 6.28. The van der Waals surface area contributed by atoms with E-state index in [1.54, 1.807) is 6.20 Å². The molecule has 3 heterocycles. The Morgan fingerprint density at radius 2 is 1.79 bits per heavy atom. The van der Waals surface area contributed by atoms with Crippen molar-refractivity contribution in [2.75, 3.05) is 12.3 Å². The van der Waals surface area contributed by atoms with Gasteiger partial charge in [-0.1, -0.05) is 18.2 Å². The van der Waals surface area contributed by atoms with Crippen LogP contribution in [-0.2, 0) is 32.0 Å². The molecule has 1 fully saturated rings. The van der Waals surface area contributed by atoms with Crippen LogP contribution < -0.4 is 21.3 Å². The number of carboxylic acid groups (broad SMARTS) is 1. The summed E-state index contributed by atoms with van der Waals surface area (Å²) >= 11 is 4.20. The topological polar surface area (TPSA) is 181 Å². The fourth-order valence-electron chi connectivity index (χ4n) is 4.47. The Labute approximate surface area is 224 Å². The zero-order valence-corrected chi connectivity index (χ0v) is 21.5. The molecule has 3 amide bonds. The van der Waals surface area contributed by atoms with Gasteiger partial charge in [0.25, 0.3) is 0 Å². The molecule has 202 valence electrons. The Morgan fingerprint density at radius 3 is 2.47 bits per heavy atom. The number of nitrogens with one attached hydrogen (secondary N) is 6. The van der Waals surface area contributed by atoms with Crippen LogP contribution in [0.1, 0.15) is 24.1 Å². The first-order chi connectivity index (χ1) is 18.4. The molecule has 4 atom stereocenters. The molecule has 0 bridgehead atoms. The van der Waals surface area contributed by atoms with Gasteiger partial charge in [0.2, 0.25) is 17.7 Å². The van der Waals surface area contributed by atoms with Crippen LogP contribution >= 0.6 is 12.6 Å². The smallest absolute Gasteiger partial charge is 0.326 e. The summed E-state index contributed by atoms with van der Waals surface area (Å²) in [5.41, 5.74) is 2.16. The molecule has 3 aromatic rings. The molecular weight excluding hydrogens is 510 g/mol. The molecule has 0 spiro atoms. The summed E-state index contributed by atoms with van der Waals surface area (Å²) in [6.45, 7) is 0.728. The third-order valence-corrected chi connectivity index (χ3v) is 6.88. The van der Waals surface area contributed by atoms with E-state index in [9.17, 15) is 24.3 Å². The zero-order valence-electron chi connectivity index (χ0n) is 20.6. The van der Waals surface area contributed by atoms with E-state index in [2.05, 4.69) is 48.8 Å². The van der Waals surface area contributed by atoms with Crippen molar-refractivity contribution in [2.24, 2.45) is 0 Å². The van der Waals surface area contributed by atoms with Gasteiger partial charge in [-0.15, -0.1) is 0 Å². The summed E-state index contributed by atoms with van der Waals surface area (Å²) in [7, 11) is 0. The van der Waals surface area contributed by atoms with Gasteiger partial charge in [0, 0.05) is 47.6 Å². The minimum Gasteiger partial charge on any atom is -0.480 e. The highest BCUT2D eigenvalue weighted by atomic mass is 32.1. The van der Waals surface area contributed by atoms with Gasteiger partial charge in [0.15, 0.2) is 0 Å². The average Bonchev–Trinajstić information content (AvgIpc) is 3.69. The second-order valence-electron chi connectivity index (χ2n) is 9.20. The van der Waals surface area contributed by atoms with E-state index in [4.69, 9.17) is 0 Å². The van der Waals surface area contributed by atoms with Gasteiger partial charge in [-0.3, -0.25) is 14.4 Å². The van der Waals surface area contributed by atoms with Crippen LogP contribution in [-0.4, -0.2) is 80.2 Å². The average molecular weight is 542 g/mol. The number of nitrogens with zero attached hydrogens (tertiary/aromatic N) is 1. The highest BCUT2D eigenvalue weighted by Gasteiger charge is 2.31. The highest BCUT2D eigenvalue weighted by molar-refractivity contribution is 7.80. The maximum Gasteiger partial charge on any atom is 0.326 e. The van der Waals surface area contributed by atoms with Gasteiger partial charge in [0.1, 0.15) is 18.1 Å². The van der Waals surface area contributed by atoms with Crippen LogP contribution in [0.5, 0.6) is 0 Å². The van der Waals surface area contributed by atoms with E-state index in [-0.39, 0.29) is 30.5 Å². The summed E-state index contributed by atoms with van der Waals surface area (Å²) in [4.78, 5) is 60.9. The fraction of sp³-hybridized carbons (Fsp3) is 0.400. The van der Waals surface area contributed by atoms with Crippen molar-refractivity contribution in [1.82, 2.24) is 36.2 Å². The van der Waals surface area contributed by atoms with Crippen molar-refractivity contribution in [2.45, 2.75) is 49.9 Å². The predicted octanol–water partition coefficient (Wildman–Crippen LogP) is -0.103. The number of fused-ring (bicyclic) bond motifs is 1. The number of hydrogen-bond donors (Lipinski definition) is 8. The van der Waals surface area contributed by atoms with Gasteiger partial charge < -0.3 is 36.3 Å². The first kappa shape index (κ1) is 27.2. The molecule has 2 aromatic heterocycles. The van der Waals surface area contributed by atoms with Crippen LogP contribution in [0.25, 0.3) is 10.9 Å². The minimum atomic E-state index is -1.24. The number of aliphatic carboxylic acids is 1. The van der Waals surface area contributed by atoms with Crippen LogP contribution in [0, 0.1) is 0 Å². The number of rotatable bonds is 12. The number of benzene rings is 1. The quantitative estimate of drug-likeness (QED) is 0.147. The predicted molar refractivity (Wildman–Crippen MR) is 143 cm³/mol. The van der Waals surface area contributed by atoms with E-state index < -0.39 is 35.9 Å². The van der Waals surface area contributed by atoms with Crippen molar-refractivity contribution >= 4 is 47.2 Å². The summed E-state index contributed by atoms with van der Waals surface area (Å²) in [6, 6.07) is 3.74. The van der Waals surface area contributed by atoms with Crippen molar-refractivity contribution in [3.8, 4) is 0 Å². The standard InChI is InChI=1S/C25H31N7O5S/c33-22(18-6-3-7-27-18)32-21(12-38)24(35)30-19(9-15-11-26-13-29-15)23(34)31-20(25(36)37)8-14-10-28-17-5-2-1-4-16(14)17/h1-2,4-5,10-11,13,18-21,27-28,38H,3,6-9,12H2,(H,26,29)(H,30,35)(H,31,34)(H,32,33)(H,36,37). The maximum atomic E-state index is 13.3. The number of imidazole rings is 1. The Morgan fingerprint density at radius 1 is 1.03 bits per heavy atom. The molecule has 1 aromatic carbocycles. The lowest BCUT2D eigenvalue weighted by atomic mass is 10.0. The summed E-state index contributed by atoms with van der Waals surface area (Å²) in [5, 5.41) is 21.7. The molecular formula is C25H31N7O5S. The number of carboxylic acids is 1. The number of para-hydroxylation sites is 1. The van der Waals surface area contributed by atoms with Gasteiger partial charge in [0.05, 0.1) is 12.4 Å². The van der Waals surface area contributed by atoms with E-state index in [1.807, 2.05) is 24.3 Å². The van der Waals surface area contributed by atoms with Crippen LogP contribution in [0.3, 0.4) is 0 Å². The van der Waals surface area contributed by atoms with Crippen molar-refractivity contribution < 1.29 is 24.3 Å². The minimum absolute atomic E-state index is 0.0149. The second kappa shape index (κ2) is 12.6. The zero-order chi connectivity index (χ0) is 27.1. The monoisotopic (exact) mass is 541 g/mol. The Bertz CT molecular complexity index is 1270. The largest absolute Gasteiger partial charge is 0.480 e. The number of H-pyrrole nitrogens is 2. The molecule has 1 aliphatic heterocycles. The van der Waals surface area contributed by atoms with Crippen LogP contribution in [0.4, 0.5) is 0 Å². The van der Waals surface area contributed by atoms with Gasteiger partial charge in [-0.05, 0) is 31.0 Å². The lowest BCUT2D eigenvalue weighted by Gasteiger charge is -2.24. The molecule has 4 unspecified atom stereocenters. The van der Waals surface area contributed by atoms with Crippen molar-refractivity contribution in [3.63, 3.8) is 0 Å². The third kappa shape index (κ3) is 6.72. The Balaban J connectivity index is 1.46. The maximum absolute atomic E-state index is 13.3. The van der Waals surface area contributed by atoms with E-state index in [0.717, 1.165) is 29.4 Å². The molecule has 13 heteroatoms. The van der Waals surface area contributed by atoms with Gasteiger partial charge in [-0.2, -0.15) is 12.6 Å². The lowest BCUT2D eigenvalue weighted by Crippen LogP contribution is -2.58. The molecule has 38 heavy (non-hydrogen) atoms. The van der Waals surface area contributed by atoms with E-state index in [1.165, 1.54) is 12.5 Å². The number of aromatic nitrogens is 3. The molecule has 1 saturated heterocycles. The fourth-order valence-corrected chi connectivity index (χ4v) is 4.72. The number of carbonyl (C=O) groups is 4. The van der Waals surface area contributed by atoms with Crippen LogP contribution in [0.15, 0.2) is 43.0 Å². The first-order valence-electron chi connectivity index (χ1n) is 12.4. The molecule has 12 nitrogen and oxygen atoms in total. The summed E-state index contributed by atoms with van der Waals surface area (Å²) in [5.74, 6) is -2.78. The Hall–Kier alpha value is -3.84. The van der Waals surface area contributed by atoms with Crippen LogP contribution in [0.2, 0.25) is 0 Å². The first-order valence-corrected chi connectivity index (χ1v) is 13.0. The van der Waals surface area contributed by atoms with Gasteiger partial charge in [-0.25, -0.2) is 9.78 Å². The molecule has 1 aliphatic rings.